The fourth-order valence-electron chi connectivity index (χ4n) is 2.50. The summed E-state index contributed by atoms with van der Waals surface area (Å²) in [5.74, 6) is 0.486. The predicted octanol–water partition coefficient (Wildman–Crippen LogP) is 3.57. The number of nitrogens with zero attached hydrogens (tertiary/aromatic N) is 1. The molecule has 2 aromatic carbocycles. The molecule has 5 heteroatoms. The molecule has 134 valence electrons. The molecule has 25 heavy (non-hydrogen) atoms. The van der Waals surface area contributed by atoms with Crippen molar-refractivity contribution in [1.82, 2.24) is 4.90 Å². The first-order valence-electron chi connectivity index (χ1n) is 8.29. The van der Waals surface area contributed by atoms with Crippen LogP contribution in [-0.2, 0) is 17.9 Å². The van der Waals surface area contributed by atoms with Crippen molar-refractivity contribution in [3.8, 4) is 11.5 Å². The van der Waals surface area contributed by atoms with Gasteiger partial charge in [-0.2, -0.15) is 0 Å². The van der Waals surface area contributed by atoms with Crippen LogP contribution >= 0.6 is 0 Å². The lowest BCUT2D eigenvalue weighted by molar-refractivity contribution is -0.138. The number of ether oxygens (including phenoxy) is 2. The van der Waals surface area contributed by atoms with E-state index in [1.165, 1.54) is 0 Å². The summed E-state index contributed by atoms with van der Waals surface area (Å²) in [5, 5.41) is 9.07. The van der Waals surface area contributed by atoms with Crippen LogP contribution in [0.25, 0.3) is 0 Å². The Labute approximate surface area is 148 Å². The van der Waals surface area contributed by atoms with E-state index in [4.69, 9.17) is 14.6 Å². The second kappa shape index (κ2) is 9.08. The Morgan fingerprint density at radius 2 is 1.80 bits per heavy atom. The van der Waals surface area contributed by atoms with Gasteiger partial charge in [-0.25, -0.2) is 0 Å². The predicted molar refractivity (Wildman–Crippen MR) is 96.9 cm³/mol. The molecule has 0 aliphatic heterocycles. The van der Waals surface area contributed by atoms with Gasteiger partial charge in [0.25, 0.3) is 0 Å². The molecule has 0 saturated heterocycles. The summed E-state index contributed by atoms with van der Waals surface area (Å²) in [6.07, 6.45) is 0. The van der Waals surface area contributed by atoms with Gasteiger partial charge in [0.05, 0.1) is 13.7 Å². The van der Waals surface area contributed by atoms with Gasteiger partial charge in [0.2, 0.25) is 0 Å². The summed E-state index contributed by atoms with van der Waals surface area (Å²) in [7, 11) is 1.61. The third kappa shape index (κ3) is 5.80. The van der Waals surface area contributed by atoms with Crippen LogP contribution in [0.5, 0.6) is 11.5 Å². The Bertz CT molecular complexity index is 685. The van der Waals surface area contributed by atoms with Gasteiger partial charge in [0.1, 0.15) is 6.61 Å². The first-order chi connectivity index (χ1) is 12.0. The van der Waals surface area contributed by atoms with Gasteiger partial charge in [-0.15, -0.1) is 0 Å². The van der Waals surface area contributed by atoms with Crippen LogP contribution in [0.1, 0.15) is 25.0 Å². The van der Waals surface area contributed by atoms with E-state index in [9.17, 15) is 4.79 Å². The number of carboxylic acid groups (broad SMARTS) is 1. The normalized spacial score (nSPS) is 10.9. The lowest BCUT2D eigenvalue weighted by Crippen LogP contribution is -2.35. The minimum Gasteiger partial charge on any atom is -0.493 e. The monoisotopic (exact) mass is 343 g/mol. The highest BCUT2D eigenvalue weighted by atomic mass is 16.5. The van der Waals surface area contributed by atoms with Gasteiger partial charge in [-0.05, 0) is 37.1 Å². The SMILES string of the molecule is COc1ccc(CN(CC(=O)O)C(C)C)cc1OCc1ccccc1. The number of carbonyl (C=O) groups is 1. The van der Waals surface area contributed by atoms with Crippen molar-refractivity contribution in [2.75, 3.05) is 13.7 Å². The first-order valence-corrected chi connectivity index (χ1v) is 8.29. The van der Waals surface area contributed by atoms with E-state index >= 15 is 0 Å². The molecule has 0 spiro atoms. The molecule has 0 bridgehead atoms. The van der Waals surface area contributed by atoms with Gasteiger partial charge >= 0.3 is 5.97 Å². The lowest BCUT2D eigenvalue weighted by atomic mass is 10.1. The van der Waals surface area contributed by atoms with E-state index in [0.29, 0.717) is 24.7 Å². The van der Waals surface area contributed by atoms with Crippen molar-refractivity contribution in [3.05, 3.63) is 59.7 Å². The van der Waals surface area contributed by atoms with Gasteiger partial charge in [-0.3, -0.25) is 9.69 Å². The number of rotatable bonds is 9. The smallest absolute Gasteiger partial charge is 0.317 e. The molecular weight excluding hydrogens is 318 g/mol. The zero-order chi connectivity index (χ0) is 18.2. The lowest BCUT2D eigenvalue weighted by Gasteiger charge is -2.25. The van der Waals surface area contributed by atoms with Crippen LogP contribution in [0, 0.1) is 0 Å². The van der Waals surface area contributed by atoms with E-state index in [1.807, 2.05) is 67.3 Å². The zero-order valence-electron chi connectivity index (χ0n) is 14.9. The molecule has 2 aromatic rings. The van der Waals surface area contributed by atoms with Gasteiger partial charge in [-0.1, -0.05) is 36.4 Å². The van der Waals surface area contributed by atoms with E-state index in [0.717, 1.165) is 11.1 Å². The number of hydrogen-bond donors (Lipinski definition) is 1. The van der Waals surface area contributed by atoms with E-state index in [1.54, 1.807) is 7.11 Å². The van der Waals surface area contributed by atoms with Crippen molar-refractivity contribution < 1.29 is 19.4 Å². The summed E-state index contributed by atoms with van der Waals surface area (Å²) < 4.78 is 11.3. The second-order valence-electron chi connectivity index (χ2n) is 6.15. The van der Waals surface area contributed by atoms with E-state index in [-0.39, 0.29) is 12.6 Å². The third-order valence-corrected chi connectivity index (χ3v) is 3.92. The Morgan fingerprint density at radius 1 is 1.08 bits per heavy atom. The summed E-state index contributed by atoms with van der Waals surface area (Å²) >= 11 is 0. The van der Waals surface area contributed by atoms with Crippen LogP contribution in [0.15, 0.2) is 48.5 Å². The van der Waals surface area contributed by atoms with Gasteiger partial charge in [0, 0.05) is 12.6 Å². The Balaban J connectivity index is 2.13. The molecule has 0 atom stereocenters. The molecule has 0 saturated carbocycles. The summed E-state index contributed by atoms with van der Waals surface area (Å²) in [6.45, 7) is 4.96. The molecule has 0 aromatic heterocycles. The first kappa shape index (κ1) is 18.8. The summed E-state index contributed by atoms with van der Waals surface area (Å²) in [6, 6.07) is 15.8. The number of aliphatic carboxylic acids is 1. The van der Waals surface area contributed by atoms with Crippen molar-refractivity contribution in [2.45, 2.75) is 33.0 Å². The van der Waals surface area contributed by atoms with Gasteiger partial charge in [0.15, 0.2) is 11.5 Å². The van der Waals surface area contributed by atoms with Crippen LogP contribution in [0.3, 0.4) is 0 Å². The molecule has 0 unspecified atom stereocenters. The maximum atomic E-state index is 11.0. The Kier molecular flexibility index (Phi) is 6.83. The highest BCUT2D eigenvalue weighted by Gasteiger charge is 2.15. The number of benzene rings is 2. The molecule has 2 rings (SSSR count). The second-order valence-corrected chi connectivity index (χ2v) is 6.15. The molecule has 0 aliphatic rings. The van der Waals surface area contributed by atoms with Crippen molar-refractivity contribution >= 4 is 5.97 Å². The minimum absolute atomic E-state index is 0.00387. The number of carboxylic acids is 1. The fraction of sp³-hybridized carbons (Fsp3) is 0.350. The minimum atomic E-state index is -0.831. The largest absolute Gasteiger partial charge is 0.493 e. The number of methoxy groups -OCH3 is 1. The summed E-state index contributed by atoms with van der Waals surface area (Å²) in [5.41, 5.74) is 2.06. The highest BCUT2D eigenvalue weighted by molar-refractivity contribution is 5.69. The van der Waals surface area contributed by atoms with Crippen LogP contribution in [0.4, 0.5) is 0 Å². The molecular formula is C20H25NO4. The highest BCUT2D eigenvalue weighted by Crippen LogP contribution is 2.29. The van der Waals surface area contributed by atoms with Crippen molar-refractivity contribution in [1.29, 1.82) is 0 Å². The van der Waals surface area contributed by atoms with Crippen LogP contribution < -0.4 is 9.47 Å². The third-order valence-electron chi connectivity index (χ3n) is 3.92. The maximum Gasteiger partial charge on any atom is 0.317 e. The van der Waals surface area contributed by atoms with Crippen LogP contribution in [0.2, 0.25) is 0 Å². The Hall–Kier alpha value is -2.53. The topological polar surface area (TPSA) is 59.0 Å². The van der Waals surface area contributed by atoms with Crippen molar-refractivity contribution in [3.63, 3.8) is 0 Å². The Morgan fingerprint density at radius 3 is 2.40 bits per heavy atom. The average molecular weight is 343 g/mol. The average Bonchev–Trinajstić information content (AvgIpc) is 2.60. The van der Waals surface area contributed by atoms with Crippen LogP contribution in [-0.4, -0.2) is 35.7 Å². The van der Waals surface area contributed by atoms with Gasteiger partial charge < -0.3 is 14.6 Å². The summed E-state index contributed by atoms with van der Waals surface area (Å²) in [4.78, 5) is 12.9. The maximum absolute atomic E-state index is 11.0. The van der Waals surface area contributed by atoms with E-state index < -0.39 is 5.97 Å². The molecule has 0 fully saturated rings. The quantitative estimate of drug-likeness (QED) is 0.754. The number of hydrogen-bond acceptors (Lipinski definition) is 4. The zero-order valence-corrected chi connectivity index (χ0v) is 14.9. The molecule has 0 amide bonds. The molecule has 0 heterocycles. The van der Waals surface area contributed by atoms with Crippen molar-refractivity contribution in [2.24, 2.45) is 0 Å². The fourth-order valence-corrected chi connectivity index (χ4v) is 2.50. The molecule has 1 N–H and O–H groups in total. The molecule has 0 aliphatic carbocycles. The molecule has 0 radical (unpaired) electrons. The van der Waals surface area contributed by atoms with E-state index in [2.05, 4.69) is 0 Å². The molecule has 5 nitrogen and oxygen atoms in total. The standard InChI is InChI=1S/C20H25NO4/c1-15(2)21(13-20(22)23)12-17-9-10-18(24-3)19(11-17)25-14-16-7-5-4-6-8-16/h4-11,15H,12-14H2,1-3H3,(H,22,23).